The van der Waals surface area contributed by atoms with Crippen molar-refractivity contribution in [3.63, 3.8) is 0 Å². The molecule has 128 valence electrons. The van der Waals surface area contributed by atoms with Crippen LogP contribution >= 0.6 is 11.8 Å². The number of rotatable bonds is 5. The molecule has 2 nitrogen and oxygen atoms in total. The van der Waals surface area contributed by atoms with Gasteiger partial charge in [0.15, 0.2) is 0 Å². The monoisotopic (exact) mass is 353 g/mol. The first-order valence-corrected chi connectivity index (χ1v) is 8.41. The van der Waals surface area contributed by atoms with E-state index in [0.717, 1.165) is 22.6 Å². The van der Waals surface area contributed by atoms with Crippen LogP contribution in [0.3, 0.4) is 0 Å². The minimum absolute atomic E-state index is 0.157. The topological polar surface area (TPSA) is 29.1 Å². The summed E-state index contributed by atoms with van der Waals surface area (Å²) in [5.41, 5.74) is 1.04. The van der Waals surface area contributed by atoms with Crippen LogP contribution in [0.5, 0.6) is 0 Å². The lowest BCUT2D eigenvalue weighted by Gasteiger charge is -2.15. The second-order valence-corrected chi connectivity index (χ2v) is 6.48. The SMILES string of the molecule is Cc1ccccc1SCC(=O)NC(C)c1ccc(C(F)(F)F)cc1. The van der Waals surface area contributed by atoms with Crippen LogP contribution < -0.4 is 5.32 Å². The van der Waals surface area contributed by atoms with E-state index in [9.17, 15) is 18.0 Å². The van der Waals surface area contributed by atoms with Crippen molar-refractivity contribution in [1.29, 1.82) is 0 Å². The molecule has 0 spiro atoms. The number of alkyl halides is 3. The summed E-state index contributed by atoms with van der Waals surface area (Å²) in [5, 5.41) is 2.80. The molecule has 0 saturated heterocycles. The fourth-order valence-electron chi connectivity index (χ4n) is 2.19. The van der Waals surface area contributed by atoms with Crippen LogP contribution in [-0.2, 0) is 11.0 Å². The molecule has 1 amide bonds. The zero-order valence-corrected chi connectivity index (χ0v) is 14.2. The van der Waals surface area contributed by atoms with Crippen LogP contribution in [0.25, 0.3) is 0 Å². The quantitative estimate of drug-likeness (QED) is 0.768. The largest absolute Gasteiger partial charge is 0.416 e. The molecule has 2 rings (SSSR count). The van der Waals surface area contributed by atoms with Gasteiger partial charge in [-0.15, -0.1) is 11.8 Å². The fraction of sp³-hybridized carbons (Fsp3) is 0.278. The molecule has 2 aromatic carbocycles. The van der Waals surface area contributed by atoms with Crippen LogP contribution in [0.1, 0.15) is 29.7 Å². The van der Waals surface area contributed by atoms with Gasteiger partial charge in [0.25, 0.3) is 0 Å². The number of benzene rings is 2. The van der Waals surface area contributed by atoms with Gasteiger partial charge in [0.2, 0.25) is 5.91 Å². The minimum Gasteiger partial charge on any atom is -0.349 e. The first kappa shape index (κ1) is 18.4. The number of aryl methyl sites for hydroxylation is 1. The number of halogens is 3. The Morgan fingerprint density at radius 2 is 1.75 bits per heavy atom. The molecule has 1 unspecified atom stereocenters. The molecule has 0 aliphatic rings. The van der Waals surface area contributed by atoms with Crippen molar-refractivity contribution >= 4 is 17.7 Å². The summed E-state index contributed by atoms with van der Waals surface area (Å²) in [5.74, 6) is 0.103. The van der Waals surface area contributed by atoms with Crippen LogP contribution in [0.4, 0.5) is 13.2 Å². The van der Waals surface area contributed by atoms with Crippen LogP contribution in [0, 0.1) is 6.92 Å². The summed E-state index contributed by atoms with van der Waals surface area (Å²) < 4.78 is 37.7. The normalized spacial score (nSPS) is 12.7. The smallest absolute Gasteiger partial charge is 0.349 e. The standard InChI is InChI=1S/C18H18F3NOS/c1-12-5-3-4-6-16(12)24-11-17(23)22-13(2)14-7-9-15(10-8-14)18(19,20)21/h3-10,13H,11H2,1-2H3,(H,22,23). The van der Waals surface area contributed by atoms with E-state index in [1.54, 1.807) is 6.92 Å². The van der Waals surface area contributed by atoms with Crippen molar-refractivity contribution in [3.8, 4) is 0 Å². The predicted molar refractivity (Wildman–Crippen MR) is 89.9 cm³/mol. The molecule has 2 aromatic rings. The van der Waals surface area contributed by atoms with E-state index in [-0.39, 0.29) is 17.7 Å². The van der Waals surface area contributed by atoms with Crippen LogP contribution in [0.2, 0.25) is 0 Å². The third-order valence-corrected chi connectivity index (χ3v) is 4.74. The summed E-state index contributed by atoms with van der Waals surface area (Å²) in [4.78, 5) is 13.1. The van der Waals surface area contributed by atoms with Gasteiger partial charge in [-0.3, -0.25) is 4.79 Å². The maximum atomic E-state index is 12.6. The third kappa shape index (κ3) is 5.03. The highest BCUT2D eigenvalue weighted by atomic mass is 32.2. The molecule has 0 bridgehead atoms. The Morgan fingerprint density at radius 3 is 2.33 bits per heavy atom. The Morgan fingerprint density at radius 1 is 1.12 bits per heavy atom. The summed E-state index contributed by atoms with van der Waals surface area (Å²) in [6.07, 6.45) is -4.35. The second kappa shape index (κ2) is 7.75. The van der Waals surface area contributed by atoms with Gasteiger partial charge in [-0.05, 0) is 43.2 Å². The van der Waals surface area contributed by atoms with Gasteiger partial charge in [-0.25, -0.2) is 0 Å². The van der Waals surface area contributed by atoms with Crippen LogP contribution in [-0.4, -0.2) is 11.7 Å². The van der Waals surface area contributed by atoms with Gasteiger partial charge >= 0.3 is 6.18 Å². The molecule has 0 aromatic heterocycles. The van der Waals surface area contributed by atoms with Gasteiger partial charge in [0.1, 0.15) is 0 Å². The lowest BCUT2D eigenvalue weighted by Crippen LogP contribution is -2.28. The van der Waals surface area contributed by atoms with E-state index in [2.05, 4.69) is 5.32 Å². The molecule has 6 heteroatoms. The number of hydrogen-bond acceptors (Lipinski definition) is 2. The Labute approximate surface area is 143 Å². The number of carbonyl (C=O) groups is 1. The molecule has 0 fully saturated rings. The summed E-state index contributed by atoms with van der Waals surface area (Å²) in [7, 11) is 0. The van der Waals surface area contributed by atoms with Crippen LogP contribution in [0.15, 0.2) is 53.4 Å². The van der Waals surface area contributed by atoms with E-state index < -0.39 is 11.7 Å². The van der Waals surface area contributed by atoms with E-state index in [1.165, 1.54) is 23.9 Å². The van der Waals surface area contributed by atoms with Crippen molar-refractivity contribution < 1.29 is 18.0 Å². The number of carbonyl (C=O) groups excluding carboxylic acids is 1. The van der Waals surface area contributed by atoms with Gasteiger partial charge in [0, 0.05) is 4.90 Å². The highest BCUT2D eigenvalue weighted by Crippen LogP contribution is 2.30. The van der Waals surface area contributed by atoms with Crippen molar-refractivity contribution in [1.82, 2.24) is 5.32 Å². The lowest BCUT2D eigenvalue weighted by molar-refractivity contribution is -0.137. The van der Waals surface area contributed by atoms with Gasteiger partial charge < -0.3 is 5.32 Å². The molecule has 24 heavy (non-hydrogen) atoms. The maximum absolute atomic E-state index is 12.6. The molecule has 0 heterocycles. The van der Waals surface area contributed by atoms with E-state index in [0.29, 0.717) is 5.56 Å². The molecular formula is C18H18F3NOS. The second-order valence-electron chi connectivity index (χ2n) is 5.46. The average molecular weight is 353 g/mol. The van der Waals surface area contributed by atoms with Crippen molar-refractivity contribution in [2.75, 3.05) is 5.75 Å². The maximum Gasteiger partial charge on any atom is 0.416 e. The third-order valence-electron chi connectivity index (χ3n) is 3.57. The Hall–Kier alpha value is -1.95. The summed E-state index contributed by atoms with van der Waals surface area (Å²) >= 11 is 1.44. The number of hydrogen-bond donors (Lipinski definition) is 1. The van der Waals surface area contributed by atoms with Crippen molar-refractivity contribution in [2.24, 2.45) is 0 Å². The zero-order valence-electron chi connectivity index (χ0n) is 13.4. The average Bonchev–Trinajstić information content (AvgIpc) is 2.53. The highest BCUT2D eigenvalue weighted by molar-refractivity contribution is 8.00. The van der Waals surface area contributed by atoms with E-state index in [4.69, 9.17) is 0 Å². The van der Waals surface area contributed by atoms with Gasteiger partial charge in [-0.2, -0.15) is 13.2 Å². The number of nitrogens with one attached hydrogen (secondary N) is 1. The number of thioether (sulfide) groups is 1. The van der Waals surface area contributed by atoms with Crippen molar-refractivity contribution in [3.05, 3.63) is 65.2 Å². The van der Waals surface area contributed by atoms with Gasteiger partial charge in [-0.1, -0.05) is 30.3 Å². The molecule has 0 radical (unpaired) electrons. The highest BCUT2D eigenvalue weighted by Gasteiger charge is 2.30. The Bertz CT molecular complexity index is 698. The fourth-order valence-corrected chi connectivity index (χ4v) is 3.03. The predicted octanol–water partition coefficient (Wildman–Crippen LogP) is 4.98. The molecule has 1 atom stereocenters. The Balaban J connectivity index is 1.90. The lowest BCUT2D eigenvalue weighted by atomic mass is 10.1. The molecule has 0 aliphatic heterocycles. The molecule has 0 aliphatic carbocycles. The van der Waals surface area contributed by atoms with E-state index >= 15 is 0 Å². The molecule has 1 N–H and O–H groups in total. The zero-order chi connectivity index (χ0) is 17.7. The molecule has 0 saturated carbocycles. The first-order valence-electron chi connectivity index (χ1n) is 7.42. The van der Waals surface area contributed by atoms with Gasteiger partial charge in [0.05, 0.1) is 17.4 Å². The first-order chi connectivity index (χ1) is 11.3. The van der Waals surface area contributed by atoms with E-state index in [1.807, 2.05) is 31.2 Å². The minimum atomic E-state index is -4.35. The Kier molecular flexibility index (Phi) is 5.94. The summed E-state index contributed by atoms with van der Waals surface area (Å²) in [6.45, 7) is 3.73. The van der Waals surface area contributed by atoms with Crippen molar-refractivity contribution in [2.45, 2.75) is 31.0 Å². The molecular weight excluding hydrogens is 335 g/mol. The summed E-state index contributed by atoms with van der Waals surface area (Å²) in [6, 6.07) is 12.3. The number of amides is 1.